The molecule has 1 heterocycles. The van der Waals surface area contributed by atoms with E-state index in [2.05, 4.69) is 10.6 Å². The molecule has 2 N–H and O–H groups in total. The van der Waals surface area contributed by atoms with E-state index < -0.39 is 24.0 Å². The van der Waals surface area contributed by atoms with Gasteiger partial charge in [0.2, 0.25) is 5.91 Å². The number of thiophene rings is 1. The van der Waals surface area contributed by atoms with Crippen molar-refractivity contribution in [3.8, 4) is 5.75 Å². The van der Waals surface area contributed by atoms with Crippen molar-refractivity contribution in [3.63, 3.8) is 0 Å². The summed E-state index contributed by atoms with van der Waals surface area (Å²) in [5.41, 5.74) is 0.706. The summed E-state index contributed by atoms with van der Waals surface area (Å²) >= 11 is 1.29. The van der Waals surface area contributed by atoms with Crippen molar-refractivity contribution in [2.24, 2.45) is 0 Å². The highest BCUT2D eigenvalue weighted by atomic mass is 32.1. The fraction of sp³-hybridized carbons (Fsp3) is 0.350. The molecule has 1 aromatic carbocycles. The quantitative estimate of drug-likeness (QED) is 0.627. The largest absolute Gasteiger partial charge is 0.497 e. The van der Waals surface area contributed by atoms with Gasteiger partial charge in [0.05, 0.1) is 31.1 Å². The standard InChI is InChI=1S/C20H24N2O5S/c1-4-27-18(23)12-16(14-7-5-8-15(11-14)26-3)22-19(24)13(2)21-20(25)17-9-6-10-28-17/h5-11,13,16H,4,12H2,1-3H3,(H,21,25)(H,22,24). The highest BCUT2D eigenvalue weighted by molar-refractivity contribution is 7.12. The van der Waals surface area contributed by atoms with Crippen LogP contribution in [0.2, 0.25) is 0 Å². The van der Waals surface area contributed by atoms with Gasteiger partial charge >= 0.3 is 5.97 Å². The monoisotopic (exact) mass is 404 g/mol. The third-order valence-corrected chi connectivity index (χ3v) is 4.84. The molecule has 0 aliphatic heterocycles. The minimum atomic E-state index is -0.773. The summed E-state index contributed by atoms with van der Waals surface area (Å²) in [4.78, 5) is 37.3. The maximum atomic E-state index is 12.6. The molecule has 28 heavy (non-hydrogen) atoms. The number of carbonyl (C=O) groups excluding carboxylic acids is 3. The molecule has 2 rings (SSSR count). The van der Waals surface area contributed by atoms with Gasteiger partial charge in [-0.05, 0) is 43.0 Å². The molecular weight excluding hydrogens is 380 g/mol. The van der Waals surface area contributed by atoms with Gasteiger partial charge in [-0.1, -0.05) is 18.2 Å². The van der Waals surface area contributed by atoms with Gasteiger partial charge in [0, 0.05) is 0 Å². The van der Waals surface area contributed by atoms with E-state index in [9.17, 15) is 14.4 Å². The molecule has 2 aromatic rings. The van der Waals surface area contributed by atoms with Crippen LogP contribution in [0.15, 0.2) is 41.8 Å². The number of hydrogen-bond acceptors (Lipinski definition) is 6. The van der Waals surface area contributed by atoms with Crippen LogP contribution in [-0.2, 0) is 14.3 Å². The van der Waals surface area contributed by atoms with Gasteiger partial charge < -0.3 is 20.1 Å². The topological polar surface area (TPSA) is 93.7 Å². The van der Waals surface area contributed by atoms with Crippen LogP contribution in [0.25, 0.3) is 0 Å². The molecule has 150 valence electrons. The van der Waals surface area contributed by atoms with Crippen molar-refractivity contribution < 1.29 is 23.9 Å². The smallest absolute Gasteiger partial charge is 0.308 e. The molecule has 0 aliphatic carbocycles. The first-order valence-corrected chi connectivity index (χ1v) is 9.76. The second kappa shape index (κ2) is 10.5. The lowest BCUT2D eigenvalue weighted by Crippen LogP contribution is -2.46. The maximum Gasteiger partial charge on any atom is 0.308 e. The molecule has 7 nitrogen and oxygen atoms in total. The average Bonchev–Trinajstić information content (AvgIpc) is 3.22. The van der Waals surface area contributed by atoms with Crippen LogP contribution in [0, 0.1) is 0 Å². The van der Waals surface area contributed by atoms with Crippen molar-refractivity contribution in [2.75, 3.05) is 13.7 Å². The average molecular weight is 404 g/mol. The van der Waals surface area contributed by atoms with Crippen LogP contribution >= 0.6 is 11.3 Å². The first-order chi connectivity index (χ1) is 13.4. The number of nitrogens with one attached hydrogen (secondary N) is 2. The third kappa shape index (κ3) is 6.09. The Morgan fingerprint density at radius 2 is 1.93 bits per heavy atom. The Balaban J connectivity index is 2.10. The van der Waals surface area contributed by atoms with Gasteiger partial charge in [0.25, 0.3) is 5.91 Å². The van der Waals surface area contributed by atoms with Gasteiger partial charge in [-0.15, -0.1) is 11.3 Å². The summed E-state index contributed by atoms with van der Waals surface area (Å²) in [7, 11) is 1.54. The number of benzene rings is 1. The van der Waals surface area contributed by atoms with Crippen molar-refractivity contribution in [2.45, 2.75) is 32.4 Å². The van der Waals surface area contributed by atoms with Crippen LogP contribution in [0.3, 0.4) is 0 Å². The zero-order valence-electron chi connectivity index (χ0n) is 16.1. The Morgan fingerprint density at radius 1 is 1.14 bits per heavy atom. The number of esters is 1. The van der Waals surface area contributed by atoms with Gasteiger partial charge in [-0.25, -0.2) is 0 Å². The van der Waals surface area contributed by atoms with E-state index in [1.165, 1.54) is 11.3 Å². The van der Waals surface area contributed by atoms with E-state index in [0.717, 1.165) is 0 Å². The molecule has 2 unspecified atom stereocenters. The first kappa shape index (κ1) is 21.4. The zero-order chi connectivity index (χ0) is 20.5. The van der Waals surface area contributed by atoms with Gasteiger partial charge in [0.15, 0.2) is 0 Å². The Hall–Kier alpha value is -2.87. The molecule has 2 amide bonds. The fourth-order valence-corrected chi connectivity index (χ4v) is 3.16. The SMILES string of the molecule is CCOC(=O)CC(NC(=O)C(C)NC(=O)c1cccs1)c1cccc(OC)c1. The summed E-state index contributed by atoms with van der Waals surface area (Å²) in [6.07, 6.45) is -0.0294. The number of ether oxygens (including phenoxy) is 2. The predicted octanol–water partition coefficient (Wildman–Crippen LogP) is 2.69. The molecular formula is C20H24N2O5S. The zero-order valence-corrected chi connectivity index (χ0v) is 16.9. The number of amides is 2. The van der Waals surface area contributed by atoms with Crippen molar-refractivity contribution in [1.29, 1.82) is 0 Å². The normalized spacial score (nSPS) is 12.5. The molecule has 0 saturated carbocycles. The molecule has 8 heteroatoms. The van der Waals surface area contributed by atoms with E-state index in [4.69, 9.17) is 9.47 Å². The lowest BCUT2D eigenvalue weighted by atomic mass is 10.0. The lowest BCUT2D eigenvalue weighted by Gasteiger charge is -2.22. The molecule has 0 fully saturated rings. The van der Waals surface area contributed by atoms with E-state index in [-0.39, 0.29) is 18.9 Å². The molecule has 0 spiro atoms. The highest BCUT2D eigenvalue weighted by Crippen LogP contribution is 2.22. The Labute approximate surface area is 168 Å². The Kier molecular flexibility index (Phi) is 8.01. The number of rotatable bonds is 9. The van der Waals surface area contributed by atoms with Gasteiger partial charge in [-0.2, -0.15) is 0 Å². The summed E-state index contributed by atoms with van der Waals surface area (Å²) < 4.78 is 10.2. The van der Waals surface area contributed by atoms with Crippen molar-refractivity contribution >= 4 is 29.1 Å². The molecule has 0 aliphatic rings. The van der Waals surface area contributed by atoms with E-state index >= 15 is 0 Å². The Bertz CT molecular complexity index is 807. The second-order valence-corrected chi connectivity index (χ2v) is 6.97. The van der Waals surface area contributed by atoms with Gasteiger partial charge in [0.1, 0.15) is 11.8 Å². The van der Waals surface area contributed by atoms with Crippen LogP contribution in [0.1, 0.15) is 41.5 Å². The molecule has 0 radical (unpaired) electrons. The predicted molar refractivity (Wildman–Crippen MR) is 106 cm³/mol. The first-order valence-electron chi connectivity index (χ1n) is 8.89. The van der Waals surface area contributed by atoms with Crippen LogP contribution in [0.4, 0.5) is 0 Å². The summed E-state index contributed by atoms with van der Waals surface area (Å²) in [6, 6.07) is 9.16. The fourth-order valence-electron chi connectivity index (χ4n) is 2.53. The Morgan fingerprint density at radius 3 is 2.57 bits per heavy atom. The van der Waals surface area contributed by atoms with Crippen molar-refractivity contribution in [3.05, 3.63) is 52.2 Å². The van der Waals surface area contributed by atoms with Crippen molar-refractivity contribution in [1.82, 2.24) is 10.6 Å². The van der Waals surface area contributed by atoms with Crippen LogP contribution < -0.4 is 15.4 Å². The number of carbonyl (C=O) groups is 3. The number of methoxy groups -OCH3 is 1. The van der Waals surface area contributed by atoms with E-state index in [1.807, 2.05) is 0 Å². The number of hydrogen-bond donors (Lipinski definition) is 2. The summed E-state index contributed by atoms with van der Waals surface area (Å²) in [5, 5.41) is 7.27. The third-order valence-electron chi connectivity index (χ3n) is 3.97. The molecule has 2 atom stereocenters. The highest BCUT2D eigenvalue weighted by Gasteiger charge is 2.24. The minimum absolute atomic E-state index is 0.0294. The summed E-state index contributed by atoms with van der Waals surface area (Å²) in [6.45, 7) is 3.57. The molecule has 1 aromatic heterocycles. The molecule has 0 bridgehead atoms. The minimum Gasteiger partial charge on any atom is -0.497 e. The van der Waals surface area contributed by atoms with Crippen LogP contribution in [0.5, 0.6) is 5.75 Å². The lowest BCUT2D eigenvalue weighted by molar-refractivity contribution is -0.143. The maximum absolute atomic E-state index is 12.6. The molecule has 0 saturated heterocycles. The van der Waals surface area contributed by atoms with E-state index in [1.54, 1.807) is 62.7 Å². The van der Waals surface area contributed by atoms with Gasteiger partial charge in [-0.3, -0.25) is 14.4 Å². The van der Waals surface area contributed by atoms with Crippen LogP contribution in [-0.4, -0.2) is 37.5 Å². The summed E-state index contributed by atoms with van der Waals surface area (Å²) in [5.74, 6) is -0.534. The van der Waals surface area contributed by atoms with E-state index in [0.29, 0.717) is 16.2 Å². The second-order valence-electron chi connectivity index (χ2n) is 6.02.